The van der Waals surface area contributed by atoms with Gasteiger partial charge in [-0.25, -0.2) is 4.79 Å². The van der Waals surface area contributed by atoms with Gasteiger partial charge < -0.3 is 0 Å². The van der Waals surface area contributed by atoms with Crippen molar-refractivity contribution in [2.75, 3.05) is 6.61 Å². The van der Waals surface area contributed by atoms with E-state index in [1.807, 2.05) is 42.5 Å². The average Bonchev–Trinajstić information content (AvgIpc) is 2.80. The fraction of sp³-hybridized carbons (Fsp3) is 0.200. The van der Waals surface area contributed by atoms with Crippen molar-refractivity contribution in [2.24, 2.45) is 0 Å². The number of halogens is 2. The molecule has 3 aromatic rings. The van der Waals surface area contributed by atoms with E-state index in [1.165, 1.54) is 23.4 Å². The van der Waals surface area contributed by atoms with Crippen molar-refractivity contribution in [1.29, 1.82) is 0 Å². The zero-order chi connectivity index (χ0) is 22.6. The molecule has 4 nitrogen and oxygen atoms in total. The van der Waals surface area contributed by atoms with E-state index in [9.17, 15) is 4.79 Å². The normalized spacial score (nSPS) is 11.1. The van der Waals surface area contributed by atoms with Gasteiger partial charge >= 0.3 is 5.97 Å². The van der Waals surface area contributed by atoms with Gasteiger partial charge in [-0.3, -0.25) is 9.87 Å². The molecule has 0 saturated carbocycles. The standard InChI is InChI=1S/C25H23Cl2NO3S/c26-22-13-7-14-23(27)25(22)32-18-21-12-6-11-20(28-21)15-16-24(29)31-30-17-5-4-10-19-8-2-1-3-9-19/h1-3,6-9,11-16H,4-5,10,17-18H2. The number of rotatable bonds is 11. The minimum absolute atomic E-state index is 0.363. The second kappa shape index (κ2) is 13.3. The number of aromatic nitrogens is 1. The molecule has 0 radical (unpaired) electrons. The Kier molecular flexibility index (Phi) is 10.1. The number of nitrogens with zero attached hydrogens (tertiary/aromatic N) is 1. The molecule has 166 valence electrons. The minimum atomic E-state index is -0.572. The summed E-state index contributed by atoms with van der Waals surface area (Å²) in [7, 11) is 0. The lowest BCUT2D eigenvalue weighted by atomic mass is 10.1. The van der Waals surface area contributed by atoms with E-state index in [2.05, 4.69) is 17.1 Å². The van der Waals surface area contributed by atoms with Crippen molar-refractivity contribution < 1.29 is 14.6 Å². The molecular formula is C25H23Cl2NO3S. The maximum absolute atomic E-state index is 11.8. The quantitative estimate of drug-likeness (QED) is 0.0940. The first-order valence-electron chi connectivity index (χ1n) is 10.2. The van der Waals surface area contributed by atoms with E-state index in [4.69, 9.17) is 33.0 Å². The molecule has 0 bridgehead atoms. The largest absolute Gasteiger partial charge is 0.366 e. The van der Waals surface area contributed by atoms with Crippen LogP contribution in [0, 0.1) is 0 Å². The van der Waals surface area contributed by atoms with Gasteiger partial charge in [0.25, 0.3) is 0 Å². The molecule has 0 N–H and O–H groups in total. The van der Waals surface area contributed by atoms with Crippen LogP contribution in [-0.4, -0.2) is 17.6 Å². The number of pyridine rings is 1. The second-order valence-corrected chi connectivity index (χ2v) is 8.69. The fourth-order valence-corrected chi connectivity index (χ4v) is 4.44. The van der Waals surface area contributed by atoms with Crippen molar-refractivity contribution in [2.45, 2.75) is 29.9 Å². The molecule has 0 atom stereocenters. The number of carbonyl (C=O) groups excluding carboxylic acids is 1. The molecule has 2 aromatic carbocycles. The summed E-state index contributed by atoms with van der Waals surface area (Å²) in [6.07, 6.45) is 5.64. The Morgan fingerprint density at radius 1 is 0.938 bits per heavy atom. The van der Waals surface area contributed by atoms with Crippen molar-refractivity contribution >= 4 is 47.0 Å². The van der Waals surface area contributed by atoms with Gasteiger partial charge in [0.1, 0.15) is 0 Å². The Hall–Kier alpha value is -2.31. The van der Waals surface area contributed by atoms with Crippen LogP contribution < -0.4 is 0 Å². The van der Waals surface area contributed by atoms with Gasteiger partial charge in [0.2, 0.25) is 0 Å². The molecule has 7 heteroatoms. The van der Waals surface area contributed by atoms with Crippen LogP contribution in [0.4, 0.5) is 0 Å². The molecular weight excluding hydrogens is 465 g/mol. The van der Waals surface area contributed by atoms with Gasteiger partial charge in [-0.1, -0.05) is 65.7 Å². The highest BCUT2D eigenvalue weighted by Crippen LogP contribution is 2.35. The van der Waals surface area contributed by atoms with Crippen molar-refractivity contribution in [3.63, 3.8) is 0 Å². The van der Waals surface area contributed by atoms with Crippen LogP contribution in [0.3, 0.4) is 0 Å². The number of aryl methyl sites for hydroxylation is 1. The van der Waals surface area contributed by atoms with Gasteiger partial charge in [-0.15, -0.1) is 11.8 Å². The maximum atomic E-state index is 11.8. The highest BCUT2D eigenvalue weighted by atomic mass is 35.5. The van der Waals surface area contributed by atoms with E-state index in [0.29, 0.717) is 28.1 Å². The third-order valence-electron chi connectivity index (χ3n) is 4.43. The molecule has 0 saturated heterocycles. The van der Waals surface area contributed by atoms with Crippen LogP contribution in [-0.2, 0) is 26.7 Å². The molecule has 0 amide bonds. The smallest absolute Gasteiger partial charge is 0.294 e. The van der Waals surface area contributed by atoms with Crippen molar-refractivity contribution in [3.05, 3.63) is 99.8 Å². The van der Waals surface area contributed by atoms with Crippen LogP contribution >= 0.6 is 35.0 Å². The van der Waals surface area contributed by atoms with Gasteiger partial charge in [-0.05, 0) is 55.2 Å². The zero-order valence-corrected chi connectivity index (χ0v) is 19.7. The molecule has 0 fully saturated rings. The third kappa shape index (κ3) is 8.32. The number of carbonyl (C=O) groups is 1. The number of hydrogen-bond donors (Lipinski definition) is 0. The van der Waals surface area contributed by atoms with Gasteiger partial charge in [0.15, 0.2) is 0 Å². The number of unbranched alkanes of at least 4 members (excludes halogenated alkanes) is 1. The number of benzene rings is 2. The summed E-state index contributed by atoms with van der Waals surface area (Å²) in [6.45, 7) is 0.363. The van der Waals surface area contributed by atoms with E-state index in [1.54, 1.807) is 18.2 Å². The van der Waals surface area contributed by atoms with Crippen molar-refractivity contribution in [1.82, 2.24) is 4.98 Å². The summed E-state index contributed by atoms with van der Waals surface area (Å²) in [5.41, 5.74) is 2.78. The van der Waals surface area contributed by atoms with Crippen LogP contribution in [0.2, 0.25) is 10.0 Å². The highest BCUT2D eigenvalue weighted by Gasteiger charge is 2.07. The van der Waals surface area contributed by atoms with Crippen LogP contribution in [0.25, 0.3) is 6.08 Å². The maximum Gasteiger partial charge on any atom is 0.366 e. The number of thioether (sulfide) groups is 1. The predicted molar refractivity (Wildman–Crippen MR) is 131 cm³/mol. The Bertz CT molecular complexity index is 1020. The lowest BCUT2D eigenvalue weighted by Gasteiger charge is -2.06. The molecule has 32 heavy (non-hydrogen) atoms. The zero-order valence-electron chi connectivity index (χ0n) is 17.4. The first-order chi connectivity index (χ1) is 15.6. The third-order valence-corrected chi connectivity index (χ3v) is 6.45. The molecule has 1 heterocycles. The molecule has 0 unspecified atom stereocenters. The van der Waals surface area contributed by atoms with Gasteiger partial charge in [0.05, 0.1) is 28.0 Å². The van der Waals surface area contributed by atoms with Crippen LogP contribution in [0.15, 0.2) is 77.7 Å². The minimum Gasteiger partial charge on any atom is -0.294 e. The summed E-state index contributed by atoms with van der Waals surface area (Å²) in [5.74, 6) is 0.0271. The van der Waals surface area contributed by atoms with E-state index < -0.39 is 5.97 Å². The molecule has 0 aliphatic carbocycles. The first kappa shape index (κ1) is 24.3. The van der Waals surface area contributed by atoms with E-state index in [-0.39, 0.29) is 0 Å². The lowest BCUT2D eigenvalue weighted by molar-refractivity contribution is -0.267. The molecule has 0 aliphatic rings. The predicted octanol–water partition coefficient (Wildman–Crippen LogP) is 7.19. The lowest BCUT2D eigenvalue weighted by Crippen LogP contribution is -2.03. The SMILES string of the molecule is O=C(C=Cc1cccc(CSc2c(Cl)cccc2Cl)n1)OOCCCCc1ccccc1. The highest BCUT2D eigenvalue weighted by molar-refractivity contribution is 7.98. The monoisotopic (exact) mass is 487 g/mol. The summed E-state index contributed by atoms with van der Waals surface area (Å²) < 4.78 is 0. The Morgan fingerprint density at radius 3 is 2.47 bits per heavy atom. The number of hydrogen-bond acceptors (Lipinski definition) is 5. The molecule has 1 aromatic heterocycles. The molecule has 3 rings (SSSR count). The van der Waals surface area contributed by atoms with Gasteiger partial charge in [-0.2, -0.15) is 4.89 Å². The summed E-state index contributed by atoms with van der Waals surface area (Å²) in [4.78, 5) is 27.0. The first-order valence-corrected chi connectivity index (χ1v) is 11.9. The summed E-state index contributed by atoms with van der Waals surface area (Å²) in [6, 6.07) is 21.3. The Morgan fingerprint density at radius 2 is 1.69 bits per heavy atom. The Labute approximate surface area is 202 Å². The van der Waals surface area contributed by atoms with Crippen molar-refractivity contribution in [3.8, 4) is 0 Å². The average molecular weight is 488 g/mol. The summed E-state index contributed by atoms with van der Waals surface area (Å²) in [5, 5.41) is 1.22. The summed E-state index contributed by atoms with van der Waals surface area (Å²) >= 11 is 13.9. The fourth-order valence-electron chi connectivity index (χ4n) is 2.85. The van der Waals surface area contributed by atoms with Crippen LogP contribution in [0.1, 0.15) is 29.8 Å². The molecule has 0 spiro atoms. The van der Waals surface area contributed by atoms with Gasteiger partial charge in [0, 0.05) is 16.7 Å². The molecule has 0 aliphatic heterocycles. The van der Waals surface area contributed by atoms with E-state index >= 15 is 0 Å². The van der Waals surface area contributed by atoms with E-state index in [0.717, 1.165) is 29.9 Å². The second-order valence-electron chi connectivity index (χ2n) is 6.89. The Balaban J connectivity index is 1.38. The topological polar surface area (TPSA) is 48.4 Å². The van der Waals surface area contributed by atoms with Crippen LogP contribution in [0.5, 0.6) is 0 Å².